The van der Waals surface area contributed by atoms with Gasteiger partial charge in [0.05, 0.1) is 22.5 Å². The van der Waals surface area contributed by atoms with Gasteiger partial charge in [0.2, 0.25) is 0 Å². The molecule has 10 heteroatoms. The maximum atomic E-state index is 13.7. The molecule has 1 N–H and O–H groups in total. The topological polar surface area (TPSA) is 76.3 Å². The molecule has 34 heavy (non-hydrogen) atoms. The van der Waals surface area contributed by atoms with E-state index in [1.165, 1.54) is 16.6 Å². The molecule has 1 aliphatic rings. The highest BCUT2D eigenvalue weighted by atomic mass is 35.5. The van der Waals surface area contributed by atoms with Gasteiger partial charge in [-0.1, -0.05) is 29.4 Å². The summed E-state index contributed by atoms with van der Waals surface area (Å²) in [6.45, 7) is 1.85. The molecule has 4 aromatic rings. The van der Waals surface area contributed by atoms with Crippen LogP contribution in [0.15, 0.2) is 56.8 Å². The van der Waals surface area contributed by atoms with Gasteiger partial charge in [0.25, 0.3) is 11.5 Å². The van der Waals surface area contributed by atoms with Crippen molar-refractivity contribution in [3.8, 4) is 5.69 Å². The van der Waals surface area contributed by atoms with E-state index in [0.717, 1.165) is 46.7 Å². The van der Waals surface area contributed by atoms with Crippen molar-refractivity contribution >= 4 is 67.9 Å². The van der Waals surface area contributed by atoms with Crippen LogP contribution in [0.2, 0.25) is 5.02 Å². The second-order valence-corrected chi connectivity index (χ2v) is 11.3. The number of nitrogens with zero attached hydrogens (tertiary/aromatic N) is 3. The van der Waals surface area contributed by atoms with E-state index in [0.29, 0.717) is 21.3 Å². The van der Waals surface area contributed by atoms with Gasteiger partial charge in [-0.25, -0.2) is 10.4 Å². The largest absolute Gasteiger partial charge is 0.272 e. The summed E-state index contributed by atoms with van der Waals surface area (Å²) in [6, 6.07) is 11.0. The van der Waals surface area contributed by atoms with E-state index in [4.69, 9.17) is 16.6 Å². The van der Waals surface area contributed by atoms with E-state index in [2.05, 4.69) is 10.5 Å². The van der Waals surface area contributed by atoms with E-state index in [9.17, 15) is 9.59 Å². The average molecular weight is 529 g/mol. The number of hydrazone groups is 1. The van der Waals surface area contributed by atoms with Crippen LogP contribution in [-0.2, 0) is 17.6 Å². The number of benzene rings is 1. The number of hydrogen-bond donors (Lipinski definition) is 1. The minimum Gasteiger partial charge on any atom is -0.272 e. The molecule has 0 unspecified atom stereocenters. The summed E-state index contributed by atoms with van der Waals surface area (Å²) >= 11 is 10.5. The van der Waals surface area contributed by atoms with Crippen LogP contribution in [0.3, 0.4) is 0 Å². The van der Waals surface area contributed by atoms with E-state index in [-0.39, 0.29) is 17.2 Å². The maximum Gasteiger partial charge on any atom is 0.267 e. The van der Waals surface area contributed by atoms with Crippen molar-refractivity contribution < 1.29 is 4.79 Å². The third-order valence-electron chi connectivity index (χ3n) is 5.60. The number of thiophene rings is 2. The molecular formula is C24H21ClN4O2S3. The highest BCUT2D eigenvalue weighted by Crippen LogP contribution is 2.35. The predicted molar refractivity (Wildman–Crippen MR) is 142 cm³/mol. The number of thioether (sulfide) groups is 1. The number of carbonyl (C=O) groups excluding carboxylic acids is 1. The number of hydrogen-bond acceptors (Lipinski definition) is 7. The summed E-state index contributed by atoms with van der Waals surface area (Å²) in [5, 5.41) is 7.93. The predicted octanol–water partition coefficient (Wildman–Crippen LogP) is 5.67. The monoisotopic (exact) mass is 528 g/mol. The fourth-order valence-electron chi connectivity index (χ4n) is 3.95. The number of rotatable bonds is 6. The Hall–Kier alpha value is -2.46. The van der Waals surface area contributed by atoms with E-state index in [1.807, 2.05) is 24.4 Å². The van der Waals surface area contributed by atoms with Crippen LogP contribution >= 0.6 is 46.0 Å². The first-order chi connectivity index (χ1) is 16.5. The lowest BCUT2D eigenvalue weighted by Gasteiger charge is -2.13. The van der Waals surface area contributed by atoms with Gasteiger partial charge in [0, 0.05) is 14.8 Å². The lowest BCUT2D eigenvalue weighted by molar-refractivity contribution is -0.118. The maximum absolute atomic E-state index is 13.7. The van der Waals surface area contributed by atoms with Crippen LogP contribution in [-0.4, -0.2) is 26.9 Å². The van der Waals surface area contributed by atoms with Gasteiger partial charge in [0.15, 0.2) is 5.16 Å². The van der Waals surface area contributed by atoms with Crippen molar-refractivity contribution in [1.29, 1.82) is 0 Å². The molecule has 0 saturated carbocycles. The Morgan fingerprint density at radius 2 is 2.03 bits per heavy atom. The number of fused-ring (bicyclic) bond motifs is 3. The molecule has 5 rings (SSSR count). The first kappa shape index (κ1) is 23.3. The first-order valence-electron chi connectivity index (χ1n) is 10.8. The van der Waals surface area contributed by atoms with Crippen molar-refractivity contribution in [3.05, 3.63) is 72.5 Å². The summed E-state index contributed by atoms with van der Waals surface area (Å²) in [6.07, 6.45) is 4.12. The third kappa shape index (κ3) is 4.70. The van der Waals surface area contributed by atoms with E-state index in [1.54, 1.807) is 51.5 Å². The number of carbonyl (C=O) groups is 1. The number of amides is 1. The van der Waals surface area contributed by atoms with Gasteiger partial charge >= 0.3 is 0 Å². The number of aryl methyl sites for hydroxylation is 2. The number of aromatic nitrogens is 2. The minimum absolute atomic E-state index is 0.0812. The Morgan fingerprint density at radius 3 is 2.79 bits per heavy atom. The van der Waals surface area contributed by atoms with Gasteiger partial charge < -0.3 is 0 Å². The Morgan fingerprint density at radius 1 is 1.24 bits per heavy atom. The molecule has 0 fully saturated rings. The standard InChI is InChI=1S/C24H21ClN4O2S3/c1-14(18-7-4-12-32-18)27-28-20(30)13-33-24-26-22-21(17-5-2-3-6-19(17)34-22)23(31)29(24)16-10-8-15(25)9-11-16/h4,7-12H,2-3,5-6,13H2,1H3,(H,28,30). The van der Waals surface area contributed by atoms with Crippen LogP contribution in [0, 0.1) is 0 Å². The summed E-state index contributed by atoms with van der Waals surface area (Å²) in [4.78, 5) is 34.1. The van der Waals surface area contributed by atoms with Crippen LogP contribution in [0.25, 0.3) is 15.9 Å². The van der Waals surface area contributed by atoms with E-state index >= 15 is 0 Å². The molecule has 174 valence electrons. The molecule has 1 aliphatic carbocycles. The molecular weight excluding hydrogens is 508 g/mol. The van der Waals surface area contributed by atoms with Gasteiger partial charge in [0.1, 0.15) is 4.83 Å². The van der Waals surface area contributed by atoms with Gasteiger partial charge in [-0.15, -0.1) is 22.7 Å². The van der Waals surface area contributed by atoms with Gasteiger partial charge in [-0.2, -0.15) is 5.10 Å². The molecule has 0 spiro atoms. The fraction of sp³-hybridized carbons (Fsp3) is 0.250. The Labute approximate surface area is 213 Å². The average Bonchev–Trinajstić information content (AvgIpc) is 3.50. The number of nitrogens with one attached hydrogen (secondary N) is 1. The molecule has 0 aliphatic heterocycles. The third-order valence-corrected chi connectivity index (χ3v) is 8.96. The van der Waals surface area contributed by atoms with Crippen LogP contribution in [0.1, 0.15) is 35.1 Å². The van der Waals surface area contributed by atoms with Crippen LogP contribution in [0.4, 0.5) is 0 Å². The SMILES string of the molecule is CC(=NNC(=O)CSc1nc2sc3c(c2c(=O)n1-c1ccc(Cl)cc1)CCCC3)c1cccs1. The Balaban J connectivity index is 1.47. The Kier molecular flexibility index (Phi) is 6.87. The molecule has 3 heterocycles. The highest BCUT2D eigenvalue weighted by molar-refractivity contribution is 7.99. The van der Waals surface area contributed by atoms with Crippen molar-refractivity contribution in [2.45, 2.75) is 37.8 Å². The van der Waals surface area contributed by atoms with Crippen molar-refractivity contribution in [2.24, 2.45) is 5.10 Å². The Bertz CT molecular complexity index is 1440. The molecule has 3 aromatic heterocycles. The van der Waals surface area contributed by atoms with E-state index < -0.39 is 0 Å². The van der Waals surface area contributed by atoms with Crippen molar-refractivity contribution in [3.63, 3.8) is 0 Å². The molecule has 0 radical (unpaired) electrons. The normalized spacial score (nSPS) is 13.8. The zero-order chi connectivity index (χ0) is 23.7. The zero-order valence-electron chi connectivity index (χ0n) is 18.3. The lowest BCUT2D eigenvalue weighted by atomic mass is 9.97. The molecule has 0 saturated heterocycles. The molecule has 0 bridgehead atoms. The van der Waals surface area contributed by atoms with Crippen molar-refractivity contribution in [2.75, 3.05) is 5.75 Å². The highest BCUT2D eigenvalue weighted by Gasteiger charge is 2.23. The second-order valence-electron chi connectivity index (χ2n) is 7.90. The smallest absolute Gasteiger partial charge is 0.267 e. The second kappa shape index (κ2) is 10.0. The summed E-state index contributed by atoms with van der Waals surface area (Å²) in [5.74, 6) is -0.180. The zero-order valence-corrected chi connectivity index (χ0v) is 21.5. The summed E-state index contributed by atoms with van der Waals surface area (Å²) in [5.41, 5.74) is 5.07. The quantitative estimate of drug-likeness (QED) is 0.151. The molecule has 1 aromatic carbocycles. The van der Waals surface area contributed by atoms with Gasteiger partial charge in [-0.05, 0) is 73.9 Å². The molecule has 0 atom stereocenters. The molecule has 6 nitrogen and oxygen atoms in total. The van der Waals surface area contributed by atoms with Crippen LogP contribution in [0.5, 0.6) is 0 Å². The summed E-state index contributed by atoms with van der Waals surface area (Å²) in [7, 11) is 0. The lowest BCUT2D eigenvalue weighted by Crippen LogP contribution is -2.24. The number of halogens is 1. The van der Waals surface area contributed by atoms with Crippen molar-refractivity contribution in [1.82, 2.24) is 15.0 Å². The summed E-state index contributed by atoms with van der Waals surface area (Å²) < 4.78 is 1.60. The fourth-order valence-corrected chi connectivity index (χ4v) is 6.86. The first-order valence-corrected chi connectivity index (χ1v) is 13.9. The molecule has 1 amide bonds. The minimum atomic E-state index is -0.261. The van der Waals surface area contributed by atoms with Gasteiger partial charge in [-0.3, -0.25) is 14.2 Å². The van der Waals surface area contributed by atoms with Crippen LogP contribution < -0.4 is 11.0 Å².